The molecule has 80 valence electrons. The third-order valence-corrected chi connectivity index (χ3v) is 2.32. The van der Waals surface area contributed by atoms with Gasteiger partial charge in [0.2, 0.25) is 0 Å². The summed E-state index contributed by atoms with van der Waals surface area (Å²) in [6.07, 6.45) is 2.65. The molecule has 0 aliphatic carbocycles. The number of hydrogen-bond donors (Lipinski definition) is 1. The molecule has 0 aliphatic heterocycles. The van der Waals surface area contributed by atoms with Gasteiger partial charge in [-0.2, -0.15) is 0 Å². The molecule has 2 aromatic heterocycles. The number of hydrogen-bond acceptors (Lipinski definition) is 3. The van der Waals surface area contributed by atoms with Crippen molar-refractivity contribution in [2.75, 3.05) is 0 Å². The molecule has 4 heteroatoms. The fourth-order valence-corrected chi connectivity index (χ4v) is 1.37. The van der Waals surface area contributed by atoms with E-state index in [9.17, 15) is 0 Å². The summed E-state index contributed by atoms with van der Waals surface area (Å²) in [4.78, 5) is 16.3. The van der Waals surface area contributed by atoms with Gasteiger partial charge in [0.15, 0.2) is 5.65 Å². The van der Waals surface area contributed by atoms with E-state index in [1.807, 2.05) is 13.1 Å². The summed E-state index contributed by atoms with van der Waals surface area (Å²) in [6, 6.07) is 0. The quantitative estimate of drug-likeness (QED) is 0.774. The number of H-pyrrole nitrogens is 1. The number of imidazole rings is 1. The van der Waals surface area contributed by atoms with Crippen molar-refractivity contribution in [3.05, 3.63) is 17.8 Å². The van der Waals surface area contributed by atoms with Gasteiger partial charge in [-0.15, -0.1) is 0 Å². The van der Waals surface area contributed by atoms with Crippen LogP contribution in [0.4, 0.5) is 0 Å². The number of fused-ring (bicyclic) bond motifs is 1. The Morgan fingerprint density at radius 3 is 2.60 bits per heavy atom. The Morgan fingerprint density at radius 1 is 1.27 bits per heavy atom. The lowest BCUT2D eigenvalue weighted by molar-refractivity contribution is 0.554. The zero-order valence-electron chi connectivity index (χ0n) is 9.63. The van der Waals surface area contributed by atoms with Crippen LogP contribution in [0.1, 0.15) is 39.3 Å². The highest BCUT2D eigenvalue weighted by atomic mass is 15.0. The highest BCUT2D eigenvalue weighted by Gasteiger charge is 2.18. The average molecular weight is 204 g/mol. The summed E-state index contributed by atoms with van der Waals surface area (Å²) in [5.74, 6) is 1.80. The molecule has 0 spiro atoms. The van der Waals surface area contributed by atoms with Crippen LogP contribution in [0.2, 0.25) is 0 Å². The number of aromatic amines is 1. The second-order valence-electron chi connectivity index (χ2n) is 4.71. The highest BCUT2D eigenvalue weighted by Crippen LogP contribution is 2.21. The topological polar surface area (TPSA) is 54.5 Å². The van der Waals surface area contributed by atoms with Gasteiger partial charge in [-0.1, -0.05) is 27.7 Å². The van der Waals surface area contributed by atoms with E-state index in [-0.39, 0.29) is 5.41 Å². The number of rotatable bonds is 1. The van der Waals surface area contributed by atoms with Crippen LogP contribution in [-0.2, 0) is 11.8 Å². The number of aromatic nitrogens is 4. The molecular formula is C11H16N4. The minimum Gasteiger partial charge on any atom is -0.339 e. The zero-order chi connectivity index (χ0) is 11.1. The average Bonchev–Trinajstić information content (AvgIpc) is 2.59. The summed E-state index contributed by atoms with van der Waals surface area (Å²) < 4.78 is 0. The van der Waals surface area contributed by atoms with Crippen molar-refractivity contribution in [3.8, 4) is 0 Å². The van der Waals surface area contributed by atoms with E-state index in [4.69, 9.17) is 0 Å². The molecule has 0 aromatic carbocycles. The Kier molecular flexibility index (Phi) is 2.21. The van der Waals surface area contributed by atoms with Crippen LogP contribution in [0.3, 0.4) is 0 Å². The van der Waals surface area contributed by atoms with Gasteiger partial charge in [-0.3, -0.25) is 0 Å². The standard InChI is InChI=1S/C11H16N4/c1-5-8-12-6-7-9(14-8)15-10(13-7)11(2,3)4/h6H,5H2,1-4H3,(H,12,13,14,15). The summed E-state index contributed by atoms with van der Waals surface area (Å²) in [6.45, 7) is 8.41. The van der Waals surface area contributed by atoms with Gasteiger partial charge >= 0.3 is 0 Å². The van der Waals surface area contributed by atoms with Gasteiger partial charge in [-0.05, 0) is 0 Å². The molecule has 2 heterocycles. The Morgan fingerprint density at radius 2 is 2.00 bits per heavy atom. The van der Waals surface area contributed by atoms with Crippen LogP contribution in [0.5, 0.6) is 0 Å². The lowest BCUT2D eigenvalue weighted by atomic mass is 9.96. The first kappa shape index (κ1) is 10.1. The molecule has 0 bridgehead atoms. The normalized spacial score (nSPS) is 12.3. The molecule has 4 nitrogen and oxygen atoms in total. The summed E-state index contributed by atoms with van der Waals surface area (Å²) >= 11 is 0. The molecule has 0 amide bonds. The molecule has 0 saturated heterocycles. The van der Waals surface area contributed by atoms with Gasteiger partial charge < -0.3 is 4.98 Å². The lowest BCUT2D eigenvalue weighted by Crippen LogP contribution is -2.13. The highest BCUT2D eigenvalue weighted by molar-refractivity contribution is 5.69. The van der Waals surface area contributed by atoms with Crippen molar-refractivity contribution in [1.29, 1.82) is 0 Å². The fraction of sp³-hybridized carbons (Fsp3) is 0.545. The second kappa shape index (κ2) is 3.29. The summed E-state index contributed by atoms with van der Waals surface area (Å²) in [5.41, 5.74) is 1.71. The van der Waals surface area contributed by atoms with Crippen molar-refractivity contribution in [1.82, 2.24) is 19.9 Å². The fourth-order valence-electron chi connectivity index (χ4n) is 1.37. The number of nitrogens with one attached hydrogen (secondary N) is 1. The smallest absolute Gasteiger partial charge is 0.181 e. The number of nitrogens with zero attached hydrogens (tertiary/aromatic N) is 3. The van der Waals surface area contributed by atoms with Gasteiger partial charge in [0.1, 0.15) is 17.2 Å². The van der Waals surface area contributed by atoms with E-state index in [1.54, 1.807) is 0 Å². The molecule has 0 radical (unpaired) electrons. The first-order valence-corrected chi connectivity index (χ1v) is 5.23. The minimum absolute atomic E-state index is 0.0209. The van der Waals surface area contributed by atoms with Gasteiger partial charge in [0.25, 0.3) is 0 Å². The molecule has 0 saturated carbocycles. The van der Waals surface area contributed by atoms with Crippen LogP contribution < -0.4 is 0 Å². The monoisotopic (exact) mass is 204 g/mol. The van der Waals surface area contributed by atoms with Gasteiger partial charge in [-0.25, -0.2) is 15.0 Å². The minimum atomic E-state index is 0.0209. The molecule has 0 fully saturated rings. The molecule has 1 N–H and O–H groups in total. The third kappa shape index (κ3) is 1.84. The van der Waals surface area contributed by atoms with E-state index < -0.39 is 0 Å². The maximum absolute atomic E-state index is 4.49. The van der Waals surface area contributed by atoms with Crippen LogP contribution in [0.15, 0.2) is 6.20 Å². The number of aryl methyl sites for hydroxylation is 1. The van der Waals surface area contributed by atoms with E-state index in [2.05, 4.69) is 40.7 Å². The van der Waals surface area contributed by atoms with E-state index in [1.165, 1.54) is 0 Å². The van der Waals surface area contributed by atoms with Crippen molar-refractivity contribution in [3.63, 3.8) is 0 Å². The summed E-state index contributed by atoms with van der Waals surface area (Å²) in [5, 5.41) is 0. The third-order valence-electron chi connectivity index (χ3n) is 2.32. The molecular weight excluding hydrogens is 188 g/mol. The SMILES string of the molecule is CCc1ncc2[nH]c(C(C)(C)C)nc2n1. The van der Waals surface area contributed by atoms with E-state index in [0.29, 0.717) is 0 Å². The maximum Gasteiger partial charge on any atom is 0.181 e. The molecule has 0 unspecified atom stereocenters. The first-order chi connectivity index (χ1) is 7.00. The largest absolute Gasteiger partial charge is 0.339 e. The predicted octanol–water partition coefficient (Wildman–Crippen LogP) is 2.21. The molecule has 2 aromatic rings. The van der Waals surface area contributed by atoms with Crippen molar-refractivity contribution in [2.45, 2.75) is 39.5 Å². The Bertz CT molecular complexity index is 479. The predicted molar refractivity (Wildman–Crippen MR) is 59.8 cm³/mol. The molecule has 0 aliphatic rings. The van der Waals surface area contributed by atoms with Gasteiger partial charge in [0.05, 0.1) is 6.20 Å². The Balaban J connectivity index is 2.56. The van der Waals surface area contributed by atoms with Crippen molar-refractivity contribution in [2.24, 2.45) is 0 Å². The van der Waals surface area contributed by atoms with E-state index in [0.717, 1.165) is 29.2 Å². The van der Waals surface area contributed by atoms with Crippen molar-refractivity contribution >= 4 is 11.2 Å². The molecule has 0 atom stereocenters. The van der Waals surface area contributed by atoms with Crippen LogP contribution in [0, 0.1) is 0 Å². The van der Waals surface area contributed by atoms with Crippen molar-refractivity contribution < 1.29 is 0 Å². The van der Waals surface area contributed by atoms with Crippen LogP contribution in [-0.4, -0.2) is 19.9 Å². The maximum atomic E-state index is 4.49. The molecule has 2 rings (SSSR count). The summed E-state index contributed by atoms with van der Waals surface area (Å²) in [7, 11) is 0. The van der Waals surface area contributed by atoms with Crippen LogP contribution in [0.25, 0.3) is 11.2 Å². The lowest BCUT2D eigenvalue weighted by Gasteiger charge is -2.13. The Labute approximate surface area is 89.2 Å². The Hall–Kier alpha value is -1.45. The van der Waals surface area contributed by atoms with E-state index >= 15 is 0 Å². The van der Waals surface area contributed by atoms with Gasteiger partial charge in [0, 0.05) is 11.8 Å². The zero-order valence-corrected chi connectivity index (χ0v) is 9.63. The second-order valence-corrected chi connectivity index (χ2v) is 4.71. The molecule has 15 heavy (non-hydrogen) atoms. The van der Waals surface area contributed by atoms with Crippen LogP contribution >= 0.6 is 0 Å². The first-order valence-electron chi connectivity index (χ1n) is 5.23.